The molecule has 0 aromatic carbocycles. The lowest BCUT2D eigenvalue weighted by molar-refractivity contribution is -0.126. The summed E-state index contributed by atoms with van der Waals surface area (Å²) < 4.78 is 23.7. The number of alkyl halides is 2. The summed E-state index contributed by atoms with van der Waals surface area (Å²) in [4.78, 5) is 14.4. The smallest absolute Gasteiger partial charge is 0.315 e. The van der Waals surface area contributed by atoms with Gasteiger partial charge in [0, 0.05) is 0 Å². The van der Waals surface area contributed by atoms with Gasteiger partial charge in [-0.3, -0.25) is 4.79 Å². The summed E-state index contributed by atoms with van der Waals surface area (Å²) in [7, 11) is 0. The molecule has 0 radical (unpaired) electrons. The number of nitrogens with zero attached hydrogens (tertiary/aromatic N) is 1. The Morgan fingerprint density at radius 1 is 1.57 bits per heavy atom. The molecule has 1 aromatic rings. The van der Waals surface area contributed by atoms with Crippen LogP contribution >= 0.6 is 11.6 Å². The number of hydrogen-bond donors (Lipinski definition) is 1. The molecule has 1 aromatic heterocycles. The summed E-state index contributed by atoms with van der Waals surface area (Å²) in [5, 5.41) is 2.27. The third kappa shape index (κ3) is 2.63. The molecule has 0 bridgehead atoms. The lowest BCUT2D eigenvalue weighted by Gasteiger charge is -2.06. The van der Waals surface area contributed by atoms with Crippen LogP contribution in [-0.2, 0) is 4.79 Å². The minimum atomic E-state index is -3.04. The topological polar surface area (TPSA) is 42.0 Å². The summed E-state index contributed by atoms with van der Waals surface area (Å²) in [5.74, 6) is -1.35. The van der Waals surface area contributed by atoms with Crippen LogP contribution in [0.5, 0.6) is 0 Å². The molecule has 0 saturated heterocycles. The van der Waals surface area contributed by atoms with Gasteiger partial charge >= 0.3 is 6.43 Å². The number of aryl methyl sites for hydroxylation is 1. The van der Waals surface area contributed by atoms with Crippen molar-refractivity contribution in [2.45, 2.75) is 13.3 Å². The lowest BCUT2D eigenvalue weighted by atomic mass is 10.3. The van der Waals surface area contributed by atoms with Crippen molar-refractivity contribution in [1.82, 2.24) is 4.98 Å². The third-order valence-electron chi connectivity index (χ3n) is 1.51. The molecule has 76 valence electrons. The fourth-order valence-corrected chi connectivity index (χ4v) is 1.04. The molecule has 0 aliphatic heterocycles. The summed E-state index contributed by atoms with van der Waals surface area (Å²) >= 11 is 5.54. The van der Waals surface area contributed by atoms with Gasteiger partial charge in [0.2, 0.25) is 0 Å². The van der Waals surface area contributed by atoms with E-state index in [1.165, 1.54) is 12.1 Å². The normalized spacial score (nSPS) is 10.4. The van der Waals surface area contributed by atoms with Crippen molar-refractivity contribution in [2.24, 2.45) is 0 Å². The van der Waals surface area contributed by atoms with Gasteiger partial charge in [0.05, 0.1) is 11.4 Å². The first-order valence-electron chi connectivity index (χ1n) is 3.73. The molecule has 0 saturated carbocycles. The standard InChI is InChI=1S/C8H7ClF2N2O/c1-4-5(2-3-6(9)12-4)13-8(14)7(10)11/h2-3,7H,1H3,(H,13,14). The van der Waals surface area contributed by atoms with Gasteiger partial charge in [0.25, 0.3) is 5.91 Å². The highest BCUT2D eigenvalue weighted by Crippen LogP contribution is 2.16. The van der Waals surface area contributed by atoms with E-state index < -0.39 is 12.3 Å². The second kappa shape index (κ2) is 4.32. The van der Waals surface area contributed by atoms with Gasteiger partial charge in [-0.2, -0.15) is 8.78 Å². The molecule has 0 aliphatic rings. The first-order valence-corrected chi connectivity index (χ1v) is 4.10. The van der Waals surface area contributed by atoms with Crippen LogP contribution in [0, 0.1) is 6.92 Å². The molecule has 14 heavy (non-hydrogen) atoms. The minimum Gasteiger partial charge on any atom is -0.319 e. The van der Waals surface area contributed by atoms with Gasteiger partial charge in [-0.25, -0.2) is 4.98 Å². The third-order valence-corrected chi connectivity index (χ3v) is 1.72. The molecule has 0 unspecified atom stereocenters. The van der Waals surface area contributed by atoms with Crippen LogP contribution in [-0.4, -0.2) is 17.3 Å². The number of aromatic nitrogens is 1. The average molecular weight is 221 g/mol. The minimum absolute atomic E-state index is 0.236. The predicted molar refractivity (Wildman–Crippen MR) is 48.6 cm³/mol. The van der Waals surface area contributed by atoms with E-state index in [1.807, 2.05) is 5.32 Å². The molecule has 1 heterocycles. The molecule has 1 amide bonds. The second-order valence-corrected chi connectivity index (χ2v) is 2.94. The van der Waals surface area contributed by atoms with E-state index >= 15 is 0 Å². The molecule has 1 N–H and O–H groups in total. The molecule has 0 fully saturated rings. The molecule has 0 atom stereocenters. The summed E-state index contributed by atoms with van der Waals surface area (Å²) in [5.41, 5.74) is 0.631. The van der Waals surface area contributed by atoms with E-state index in [9.17, 15) is 13.6 Å². The van der Waals surface area contributed by atoms with Crippen LogP contribution in [0.4, 0.5) is 14.5 Å². The molecule has 1 rings (SSSR count). The van der Waals surface area contributed by atoms with E-state index in [4.69, 9.17) is 11.6 Å². The summed E-state index contributed by atoms with van der Waals surface area (Å²) in [6.45, 7) is 1.56. The summed E-state index contributed by atoms with van der Waals surface area (Å²) in [6.07, 6.45) is -3.04. The maximum absolute atomic E-state index is 11.9. The van der Waals surface area contributed by atoms with E-state index in [0.29, 0.717) is 5.69 Å². The molecule has 3 nitrogen and oxygen atoms in total. The van der Waals surface area contributed by atoms with Gasteiger partial charge in [-0.05, 0) is 19.1 Å². The molecular formula is C8H7ClF2N2O. The SMILES string of the molecule is Cc1nc(Cl)ccc1NC(=O)C(F)F. The highest BCUT2D eigenvalue weighted by molar-refractivity contribution is 6.29. The number of carbonyl (C=O) groups is 1. The van der Waals surface area contributed by atoms with Crippen LogP contribution in [0.1, 0.15) is 5.69 Å². The monoisotopic (exact) mass is 220 g/mol. The number of hydrogen-bond acceptors (Lipinski definition) is 2. The van der Waals surface area contributed by atoms with Gasteiger partial charge in [0.1, 0.15) is 5.15 Å². The number of carbonyl (C=O) groups excluding carboxylic acids is 1. The van der Waals surface area contributed by atoms with E-state index in [-0.39, 0.29) is 10.8 Å². The van der Waals surface area contributed by atoms with Crippen molar-refractivity contribution in [3.05, 3.63) is 23.0 Å². The van der Waals surface area contributed by atoms with Gasteiger partial charge in [-0.15, -0.1) is 0 Å². The molecular weight excluding hydrogens is 214 g/mol. The van der Waals surface area contributed by atoms with Crippen molar-refractivity contribution in [3.8, 4) is 0 Å². The van der Waals surface area contributed by atoms with E-state index in [2.05, 4.69) is 4.98 Å². The van der Waals surface area contributed by atoms with Crippen molar-refractivity contribution < 1.29 is 13.6 Å². The fourth-order valence-electron chi connectivity index (χ4n) is 0.850. The van der Waals surface area contributed by atoms with Gasteiger partial charge in [0.15, 0.2) is 0 Å². The molecule has 0 spiro atoms. The number of rotatable bonds is 2. The lowest BCUT2D eigenvalue weighted by Crippen LogP contribution is -2.20. The Bertz CT molecular complexity index is 357. The predicted octanol–water partition coefficient (Wildman–Crippen LogP) is 2.25. The zero-order valence-electron chi connectivity index (χ0n) is 7.22. The quantitative estimate of drug-likeness (QED) is 0.777. The largest absolute Gasteiger partial charge is 0.319 e. The zero-order valence-corrected chi connectivity index (χ0v) is 7.98. The van der Waals surface area contributed by atoms with Gasteiger partial charge < -0.3 is 5.32 Å². The fraction of sp³-hybridized carbons (Fsp3) is 0.250. The van der Waals surface area contributed by atoms with Crippen LogP contribution in [0.2, 0.25) is 5.15 Å². The van der Waals surface area contributed by atoms with Crippen molar-refractivity contribution in [1.29, 1.82) is 0 Å². The van der Waals surface area contributed by atoms with Crippen LogP contribution in [0.15, 0.2) is 12.1 Å². The van der Waals surface area contributed by atoms with Crippen LogP contribution in [0.3, 0.4) is 0 Å². The van der Waals surface area contributed by atoms with E-state index in [1.54, 1.807) is 6.92 Å². The number of halogens is 3. The Morgan fingerprint density at radius 3 is 2.71 bits per heavy atom. The highest BCUT2D eigenvalue weighted by Gasteiger charge is 2.16. The Hall–Kier alpha value is -1.23. The summed E-state index contributed by atoms with van der Waals surface area (Å²) in [6, 6.07) is 2.83. The zero-order chi connectivity index (χ0) is 10.7. The second-order valence-electron chi connectivity index (χ2n) is 2.56. The van der Waals surface area contributed by atoms with Gasteiger partial charge in [-0.1, -0.05) is 11.6 Å². The number of anilines is 1. The Balaban J connectivity index is 2.82. The maximum Gasteiger partial charge on any atom is 0.315 e. The first-order chi connectivity index (χ1) is 6.50. The molecule has 0 aliphatic carbocycles. The average Bonchev–Trinajstić information content (AvgIpc) is 2.09. The highest BCUT2D eigenvalue weighted by atomic mass is 35.5. The Labute approximate surface area is 84.1 Å². The van der Waals surface area contributed by atoms with Crippen LogP contribution < -0.4 is 5.32 Å². The molecule has 6 heteroatoms. The number of amides is 1. The van der Waals surface area contributed by atoms with Crippen LogP contribution in [0.25, 0.3) is 0 Å². The Kier molecular flexibility index (Phi) is 3.35. The number of pyridine rings is 1. The van der Waals surface area contributed by atoms with Crippen molar-refractivity contribution >= 4 is 23.2 Å². The maximum atomic E-state index is 11.9. The van der Waals surface area contributed by atoms with E-state index in [0.717, 1.165) is 0 Å². The Morgan fingerprint density at radius 2 is 2.21 bits per heavy atom. The first kappa shape index (κ1) is 10.8. The van der Waals surface area contributed by atoms with Crippen molar-refractivity contribution in [3.63, 3.8) is 0 Å². The van der Waals surface area contributed by atoms with Crippen molar-refractivity contribution in [2.75, 3.05) is 5.32 Å². The number of nitrogens with one attached hydrogen (secondary N) is 1.